The Morgan fingerprint density at radius 3 is 2.64 bits per heavy atom. The zero-order valence-electron chi connectivity index (χ0n) is 17.5. The van der Waals surface area contributed by atoms with Gasteiger partial charge in [0.2, 0.25) is 0 Å². The summed E-state index contributed by atoms with van der Waals surface area (Å²) in [6, 6.07) is 6.02. The Morgan fingerprint density at radius 1 is 1.21 bits per heavy atom. The van der Waals surface area contributed by atoms with Crippen LogP contribution in [0.1, 0.15) is 61.4 Å². The maximum Gasteiger partial charge on any atom is 0.251 e. The topological polar surface area (TPSA) is 50.8 Å². The van der Waals surface area contributed by atoms with Crippen molar-refractivity contribution in [2.75, 3.05) is 39.5 Å². The molecule has 5 heteroatoms. The van der Waals surface area contributed by atoms with Crippen LogP contribution in [0.2, 0.25) is 0 Å². The summed E-state index contributed by atoms with van der Waals surface area (Å²) in [5, 5.41) is 3.13. The molecule has 1 N–H and O–H groups in total. The molecule has 0 aliphatic carbocycles. The van der Waals surface area contributed by atoms with E-state index in [0.717, 1.165) is 61.9 Å². The lowest BCUT2D eigenvalue weighted by molar-refractivity contribution is 0.0696. The van der Waals surface area contributed by atoms with Crippen LogP contribution in [0, 0.1) is 12.8 Å². The van der Waals surface area contributed by atoms with Gasteiger partial charge in [0.05, 0.1) is 6.61 Å². The van der Waals surface area contributed by atoms with Crippen molar-refractivity contribution in [3.8, 4) is 5.75 Å². The zero-order valence-corrected chi connectivity index (χ0v) is 17.5. The molecule has 1 amide bonds. The molecule has 2 fully saturated rings. The third kappa shape index (κ3) is 6.21. The Labute approximate surface area is 169 Å². The van der Waals surface area contributed by atoms with E-state index in [0.29, 0.717) is 0 Å². The molecule has 0 saturated carbocycles. The Balaban J connectivity index is 1.39. The van der Waals surface area contributed by atoms with E-state index in [1.165, 1.54) is 38.9 Å². The van der Waals surface area contributed by atoms with E-state index in [2.05, 4.69) is 17.1 Å². The second-order valence-electron chi connectivity index (χ2n) is 8.21. The van der Waals surface area contributed by atoms with E-state index in [4.69, 9.17) is 9.47 Å². The molecule has 2 saturated heterocycles. The number of aryl methyl sites for hydroxylation is 1. The summed E-state index contributed by atoms with van der Waals surface area (Å²) in [6.07, 6.45) is 6.78. The lowest BCUT2D eigenvalue weighted by atomic mass is 9.92. The summed E-state index contributed by atoms with van der Waals surface area (Å²) in [5.74, 6) is 1.72. The number of carbonyl (C=O) groups is 1. The smallest absolute Gasteiger partial charge is 0.251 e. The second kappa shape index (κ2) is 10.8. The first-order valence-electron chi connectivity index (χ1n) is 11.0. The number of rotatable bonds is 8. The molecule has 1 aromatic carbocycles. The Morgan fingerprint density at radius 2 is 1.96 bits per heavy atom. The lowest BCUT2D eigenvalue weighted by Gasteiger charge is -2.30. The molecule has 0 spiro atoms. The molecule has 0 unspecified atom stereocenters. The van der Waals surface area contributed by atoms with Gasteiger partial charge in [0.1, 0.15) is 5.75 Å². The number of likely N-dealkylation sites (tertiary alicyclic amines) is 1. The highest BCUT2D eigenvalue weighted by Gasteiger charge is 2.19. The number of hydrogen-bond donors (Lipinski definition) is 1. The SMILES string of the molecule is CCN1CCC(CCCOc2ccc(C(=O)NC3CCOCC3)c(C)c2)CC1. The molecule has 0 bridgehead atoms. The van der Waals surface area contributed by atoms with E-state index < -0.39 is 0 Å². The Bertz CT molecular complexity index is 620. The van der Waals surface area contributed by atoms with Gasteiger partial charge in [-0.2, -0.15) is 0 Å². The lowest BCUT2D eigenvalue weighted by Crippen LogP contribution is -2.39. The number of nitrogens with one attached hydrogen (secondary N) is 1. The second-order valence-corrected chi connectivity index (χ2v) is 8.21. The van der Waals surface area contributed by atoms with Crippen LogP contribution < -0.4 is 10.1 Å². The van der Waals surface area contributed by atoms with Crippen LogP contribution in [-0.4, -0.2) is 56.3 Å². The van der Waals surface area contributed by atoms with E-state index >= 15 is 0 Å². The Hall–Kier alpha value is -1.59. The molecular weight excluding hydrogens is 352 g/mol. The fourth-order valence-electron chi connectivity index (χ4n) is 4.24. The van der Waals surface area contributed by atoms with E-state index in [1.54, 1.807) is 0 Å². The van der Waals surface area contributed by atoms with Crippen molar-refractivity contribution in [3.63, 3.8) is 0 Å². The summed E-state index contributed by atoms with van der Waals surface area (Å²) >= 11 is 0. The highest BCUT2D eigenvalue weighted by atomic mass is 16.5. The van der Waals surface area contributed by atoms with Crippen LogP contribution in [0.25, 0.3) is 0 Å². The maximum absolute atomic E-state index is 12.5. The molecular formula is C23H36N2O3. The molecule has 3 rings (SSSR count). The molecule has 2 aliphatic rings. The van der Waals surface area contributed by atoms with E-state index in [-0.39, 0.29) is 11.9 Å². The predicted molar refractivity (Wildman–Crippen MR) is 112 cm³/mol. The van der Waals surface area contributed by atoms with Crippen LogP contribution in [0.15, 0.2) is 18.2 Å². The number of hydrogen-bond acceptors (Lipinski definition) is 4. The van der Waals surface area contributed by atoms with Gasteiger partial charge in [-0.15, -0.1) is 0 Å². The average molecular weight is 389 g/mol. The van der Waals surface area contributed by atoms with Gasteiger partial charge in [0.25, 0.3) is 5.91 Å². The van der Waals surface area contributed by atoms with E-state index in [9.17, 15) is 4.79 Å². The van der Waals surface area contributed by atoms with E-state index in [1.807, 2.05) is 25.1 Å². The summed E-state index contributed by atoms with van der Waals surface area (Å²) in [4.78, 5) is 15.1. The first-order valence-corrected chi connectivity index (χ1v) is 11.0. The molecule has 0 atom stereocenters. The van der Waals surface area contributed by atoms with Gasteiger partial charge in [-0.1, -0.05) is 6.92 Å². The van der Waals surface area contributed by atoms with Gasteiger partial charge < -0.3 is 19.7 Å². The van der Waals surface area contributed by atoms with Crippen molar-refractivity contribution in [1.29, 1.82) is 0 Å². The van der Waals surface area contributed by atoms with Crippen LogP contribution in [0.3, 0.4) is 0 Å². The van der Waals surface area contributed by atoms with Crippen LogP contribution in [-0.2, 0) is 4.74 Å². The predicted octanol–water partition coefficient (Wildman–Crippen LogP) is 3.79. The molecule has 0 aromatic heterocycles. The maximum atomic E-state index is 12.5. The standard InChI is InChI=1S/C23H36N2O3/c1-3-25-12-8-19(9-13-25)5-4-14-28-21-6-7-22(18(2)17-21)23(26)24-20-10-15-27-16-11-20/h6-7,17,19-20H,3-5,8-16H2,1-2H3,(H,24,26). The van der Waals surface area contributed by atoms with Gasteiger partial charge >= 0.3 is 0 Å². The van der Waals surface area contributed by atoms with Crippen LogP contribution in [0.5, 0.6) is 5.75 Å². The van der Waals surface area contributed by atoms with Gasteiger partial charge in [-0.25, -0.2) is 0 Å². The van der Waals surface area contributed by atoms with Crippen molar-refractivity contribution in [2.24, 2.45) is 5.92 Å². The zero-order chi connectivity index (χ0) is 19.8. The minimum atomic E-state index is 0.00868. The fourth-order valence-corrected chi connectivity index (χ4v) is 4.24. The van der Waals surface area contributed by atoms with Crippen molar-refractivity contribution >= 4 is 5.91 Å². The van der Waals surface area contributed by atoms with Crippen molar-refractivity contribution in [1.82, 2.24) is 10.2 Å². The molecule has 2 heterocycles. The first kappa shape index (κ1) is 21.1. The highest BCUT2D eigenvalue weighted by molar-refractivity contribution is 5.96. The molecule has 28 heavy (non-hydrogen) atoms. The average Bonchev–Trinajstić information content (AvgIpc) is 2.72. The summed E-state index contributed by atoms with van der Waals surface area (Å²) in [6.45, 7) is 10.1. The minimum Gasteiger partial charge on any atom is -0.494 e. The Kier molecular flexibility index (Phi) is 8.16. The van der Waals surface area contributed by atoms with Crippen molar-refractivity contribution in [3.05, 3.63) is 29.3 Å². The normalized spacial score (nSPS) is 19.5. The van der Waals surface area contributed by atoms with Crippen molar-refractivity contribution in [2.45, 2.75) is 58.4 Å². The monoisotopic (exact) mass is 388 g/mol. The molecule has 156 valence electrons. The molecule has 5 nitrogen and oxygen atoms in total. The third-order valence-electron chi connectivity index (χ3n) is 6.18. The number of benzene rings is 1. The minimum absolute atomic E-state index is 0.00868. The van der Waals surface area contributed by atoms with Gasteiger partial charge in [-0.3, -0.25) is 4.79 Å². The molecule has 1 aromatic rings. The first-order chi connectivity index (χ1) is 13.7. The number of ether oxygens (including phenoxy) is 2. The number of piperidine rings is 1. The van der Waals surface area contributed by atoms with Crippen LogP contribution >= 0.6 is 0 Å². The summed E-state index contributed by atoms with van der Waals surface area (Å²) in [7, 11) is 0. The van der Waals surface area contributed by atoms with Gasteiger partial charge in [-0.05, 0) is 94.8 Å². The third-order valence-corrected chi connectivity index (χ3v) is 6.18. The fraction of sp³-hybridized carbons (Fsp3) is 0.696. The van der Waals surface area contributed by atoms with Crippen LogP contribution in [0.4, 0.5) is 0 Å². The molecule has 0 radical (unpaired) electrons. The largest absolute Gasteiger partial charge is 0.494 e. The highest BCUT2D eigenvalue weighted by Crippen LogP contribution is 2.23. The number of carbonyl (C=O) groups excluding carboxylic acids is 1. The quantitative estimate of drug-likeness (QED) is 0.689. The molecule has 2 aliphatic heterocycles. The van der Waals surface area contributed by atoms with Gasteiger partial charge in [0.15, 0.2) is 0 Å². The van der Waals surface area contributed by atoms with Crippen molar-refractivity contribution < 1.29 is 14.3 Å². The summed E-state index contributed by atoms with van der Waals surface area (Å²) in [5.41, 5.74) is 1.70. The van der Waals surface area contributed by atoms with Gasteiger partial charge in [0, 0.05) is 24.8 Å². The summed E-state index contributed by atoms with van der Waals surface area (Å²) < 4.78 is 11.3. The number of amides is 1. The number of nitrogens with zero attached hydrogens (tertiary/aromatic N) is 1.